The fourth-order valence-corrected chi connectivity index (χ4v) is 3.77. The van der Waals surface area contributed by atoms with E-state index in [-0.39, 0.29) is 17.9 Å². The fourth-order valence-electron chi connectivity index (χ4n) is 3.77. The largest absolute Gasteiger partial charge is 0.481 e. The van der Waals surface area contributed by atoms with E-state index in [2.05, 4.69) is 10.3 Å². The Morgan fingerprint density at radius 1 is 1.32 bits per heavy atom. The Balaban J connectivity index is 2.01. The summed E-state index contributed by atoms with van der Waals surface area (Å²) in [5.74, 6) is 1.46. The van der Waals surface area contributed by atoms with Crippen molar-refractivity contribution in [1.29, 1.82) is 0 Å². The predicted octanol–water partition coefficient (Wildman–Crippen LogP) is 3.13. The van der Waals surface area contributed by atoms with Crippen LogP contribution in [0.3, 0.4) is 0 Å². The Morgan fingerprint density at radius 2 is 2.04 bits per heavy atom. The molecule has 1 fully saturated rings. The predicted molar refractivity (Wildman–Crippen MR) is 92.8 cm³/mol. The number of carbonyl (C=O) groups excluding carboxylic acids is 1. The summed E-state index contributed by atoms with van der Waals surface area (Å²) < 4.78 is 12.7. The lowest BCUT2D eigenvalue weighted by Gasteiger charge is -2.25. The monoisotopic (exact) mass is 346 g/mol. The van der Waals surface area contributed by atoms with Gasteiger partial charge in [0.05, 0.1) is 30.1 Å². The van der Waals surface area contributed by atoms with E-state index >= 15 is 0 Å². The summed E-state index contributed by atoms with van der Waals surface area (Å²) in [6, 6.07) is -0.0366. The molecule has 1 atom stereocenters. The number of nitrogens with zero attached hydrogens (tertiary/aromatic N) is 4. The molecule has 1 saturated heterocycles. The normalized spacial score (nSPS) is 17.6. The van der Waals surface area contributed by atoms with Crippen LogP contribution in [0.15, 0.2) is 4.52 Å². The first kappa shape index (κ1) is 17.5. The van der Waals surface area contributed by atoms with Gasteiger partial charge in [0.2, 0.25) is 5.88 Å². The van der Waals surface area contributed by atoms with Crippen LogP contribution in [-0.2, 0) is 7.05 Å². The first-order chi connectivity index (χ1) is 11.9. The summed E-state index contributed by atoms with van der Waals surface area (Å²) in [7, 11) is 3.50. The molecule has 136 valence electrons. The van der Waals surface area contributed by atoms with Gasteiger partial charge < -0.3 is 14.2 Å². The highest BCUT2D eigenvalue weighted by Gasteiger charge is 2.37. The third-order valence-corrected chi connectivity index (χ3v) is 4.88. The Kier molecular flexibility index (Phi) is 4.58. The highest BCUT2D eigenvalue weighted by atomic mass is 16.5. The van der Waals surface area contributed by atoms with E-state index in [1.807, 2.05) is 39.6 Å². The topological polar surface area (TPSA) is 73.4 Å². The summed E-state index contributed by atoms with van der Waals surface area (Å²) in [5.41, 5.74) is 3.14. The highest BCUT2D eigenvalue weighted by molar-refractivity contribution is 5.96. The van der Waals surface area contributed by atoms with Crippen molar-refractivity contribution < 1.29 is 14.1 Å². The second-order valence-corrected chi connectivity index (χ2v) is 6.95. The maximum atomic E-state index is 13.3. The van der Waals surface area contributed by atoms with Crippen molar-refractivity contribution in [3.63, 3.8) is 0 Å². The maximum Gasteiger partial charge on any atom is 0.259 e. The molecule has 0 N–H and O–H groups in total. The Hall–Kier alpha value is -2.31. The van der Waals surface area contributed by atoms with Crippen molar-refractivity contribution in [1.82, 2.24) is 19.8 Å². The minimum absolute atomic E-state index is 0.0183. The summed E-state index contributed by atoms with van der Waals surface area (Å²) in [6.45, 7) is 8.51. The molecule has 3 heterocycles. The minimum Gasteiger partial charge on any atom is -0.481 e. The van der Waals surface area contributed by atoms with E-state index in [9.17, 15) is 4.79 Å². The van der Waals surface area contributed by atoms with Gasteiger partial charge in [-0.3, -0.25) is 4.79 Å². The summed E-state index contributed by atoms with van der Waals surface area (Å²) in [5, 5.41) is 8.49. The van der Waals surface area contributed by atoms with Crippen molar-refractivity contribution in [2.75, 3.05) is 13.7 Å². The van der Waals surface area contributed by atoms with Crippen LogP contribution in [0.2, 0.25) is 0 Å². The summed E-state index contributed by atoms with van der Waals surface area (Å²) >= 11 is 0. The highest BCUT2D eigenvalue weighted by Crippen LogP contribution is 2.40. The molecule has 0 aromatic carbocycles. The lowest BCUT2D eigenvalue weighted by atomic mass is 10.0. The molecule has 1 amide bonds. The van der Waals surface area contributed by atoms with Gasteiger partial charge in [-0.05, 0) is 26.7 Å². The number of amides is 1. The first-order valence-corrected chi connectivity index (χ1v) is 8.71. The van der Waals surface area contributed by atoms with Gasteiger partial charge in [0.15, 0.2) is 5.76 Å². The van der Waals surface area contributed by atoms with Gasteiger partial charge in [0.1, 0.15) is 5.56 Å². The van der Waals surface area contributed by atoms with Crippen LogP contribution in [0.5, 0.6) is 5.88 Å². The first-order valence-electron chi connectivity index (χ1n) is 8.71. The zero-order valence-electron chi connectivity index (χ0n) is 15.8. The molecule has 2 aromatic rings. The van der Waals surface area contributed by atoms with Crippen molar-refractivity contribution in [2.45, 2.75) is 52.5 Å². The molecule has 0 saturated carbocycles. The second-order valence-electron chi connectivity index (χ2n) is 6.95. The number of aromatic nitrogens is 3. The number of methoxy groups -OCH3 is 1. The van der Waals surface area contributed by atoms with Gasteiger partial charge in [0, 0.05) is 19.5 Å². The van der Waals surface area contributed by atoms with E-state index in [0.29, 0.717) is 29.4 Å². The lowest BCUT2D eigenvalue weighted by Crippen LogP contribution is -2.32. The number of hydrogen-bond donors (Lipinski definition) is 0. The molecule has 0 aliphatic carbocycles. The number of ether oxygens (including phenoxy) is 1. The van der Waals surface area contributed by atoms with Crippen LogP contribution in [0.4, 0.5) is 0 Å². The molecule has 0 unspecified atom stereocenters. The lowest BCUT2D eigenvalue weighted by molar-refractivity contribution is 0.0730. The zero-order chi connectivity index (χ0) is 18.3. The van der Waals surface area contributed by atoms with Gasteiger partial charge in [-0.15, -0.1) is 0 Å². The molecule has 25 heavy (non-hydrogen) atoms. The number of carbonyl (C=O) groups is 1. The number of likely N-dealkylation sites (tertiary alicyclic amines) is 1. The van der Waals surface area contributed by atoms with Gasteiger partial charge in [-0.1, -0.05) is 19.0 Å². The van der Waals surface area contributed by atoms with Crippen LogP contribution in [0, 0.1) is 13.8 Å². The molecule has 0 radical (unpaired) electrons. The average Bonchev–Trinajstić information content (AvgIpc) is 3.23. The van der Waals surface area contributed by atoms with E-state index in [1.54, 1.807) is 11.8 Å². The van der Waals surface area contributed by atoms with Gasteiger partial charge >= 0.3 is 0 Å². The Labute approximate surface area is 147 Å². The minimum atomic E-state index is -0.0366. The van der Waals surface area contributed by atoms with E-state index in [0.717, 1.165) is 24.1 Å². The van der Waals surface area contributed by atoms with Crippen molar-refractivity contribution in [3.05, 3.63) is 28.3 Å². The molecule has 2 aromatic heterocycles. The molecule has 1 aliphatic heterocycles. The van der Waals surface area contributed by atoms with Gasteiger partial charge in [-0.2, -0.15) is 5.10 Å². The van der Waals surface area contributed by atoms with E-state index < -0.39 is 0 Å². The smallest absolute Gasteiger partial charge is 0.259 e. The van der Waals surface area contributed by atoms with Crippen LogP contribution in [0.1, 0.15) is 71.7 Å². The second kappa shape index (κ2) is 6.54. The van der Waals surface area contributed by atoms with E-state index in [1.165, 1.54) is 0 Å². The van der Waals surface area contributed by atoms with E-state index in [4.69, 9.17) is 9.26 Å². The molecule has 0 spiro atoms. The van der Waals surface area contributed by atoms with Crippen LogP contribution >= 0.6 is 0 Å². The van der Waals surface area contributed by atoms with Gasteiger partial charge in [-0.25, -0.2) is 4.68 Å². The van der Waals surface area contributed by atoms with Crippen LogP contribution in [0.25, 0.3) is 0 Å². The standard InChI is InChI=1S/C18H26N4O3/c1-10(2)16-15(12(4)20-25-16)17(23)22-9-7-8-13(22)14-11(3)19-21(5)18(14)24-6/h10,13H,7-9H2,1-6H3/t13-/m0/s1. The summed E-state index contributed by atoms with van der Waals surface area (Å²) in [4.78, 5) is 15.2. The molecular weight excluding hydrogens is 320 g/mol. The maximum absolute atomic E-state index is 13.3. The van der Waals surface area contributed by atoms with Crippen molar-refractivity contribution in [3.8, 4) is 5.88 Å². The van der Waals surface area contributed by atoms with Crippen molar-refractivity contribution in [2.24, 2.45) is 7.05 Å². The third kappa shape index (κ3) is 2.81. The fraction of sp³-hybridized carbons (Fsp3) is 0.611. The third-order valence-electron chi connectivity index (χ3n) is 4.88. The number of hydrogen-bond acceptors (Lipinski definition) is 5. The van der Waals surface area contributed by atoms with Crippen LogP contribution < -0.4 is 4.74 Å². The quantitative estimate of drug-likeness (QED) is 0.850. The average molecular weight is 346 g/mol. The zero-order valence-corrected chi connectivity index (χ0v) is 15.8. The molecule has 7 nitrogen and oxygen atoms in total. The summed E-state index contributed by atoms with van der Waals surface area (Å²) in [6.07, 6.45) is 1.85. The molecular formula is C18H26N4O3. The van der Waals surface area contributed by atoms with Crippen LogP contribution in [-0.4, -0.2) is 39.4 Å². The van der Waals surface area contributed by atoms with Crippen molar-refractivity contribution >= 4 is 5.91 Å². The molecule has 1 aliphatic rings. The number of aryl methyl sites for hydroxylation is 3. The Morgan fingerprint density at radius 3 is 2.68 bits per heavy atom. The molecule has 7 heteroatoms. The Bertz CT molecular complexity index is 791. The van der Waals surface area contributed by atoms with Gasteiger partial charge in [0.25, 0.3) is 5.91 Å². The molecule has 3 rings (SSSR count). The molecule has 0 bridgehead atoms. The number of rotatable bonds is 4. The SMILES string of the molecule is COc1c([C@@H]2CCCN2C(=O)c2c(C)noc2C(C)C)c(C)nn1C.